The van der Waals surface area contributed by atoms with Gasteiger partial charge in [-0.2, -0.15) is 0 Å². The van der Waals surface area contributed by atoms with Gasteiger partial charge in [0.05, 0.1) is 17.1 Å². The standard InChI is InChI=1S/C33H26Cl2FN3O2/c1-17-14-28-29(16-27(17)36)38-32(37-28)24-4-3-5-26(35)30(24)23-13-10-21(15-25(23)18(2)40)33(41)39-31(19-6-7-19)20-8-11-22(34)12-9-20/h3-5,8-16,19,31,40H,2,6-7H2,1H3,(H,37,38)(H,39,41). The Balaban J connectivity index is 1.39. The van der Waals surface area contributed by atoms with Crippen LogP contribution in [0, 0.1) is 18.7 Å². The van der Waals surface area contributed by atoms with Gasteiger partial charge in [-0.25, -0.2) is 9.37 Å². The summed E-state index contributed by atoms with van der Waals surface area (Å²) in [5.74, 6) is 0.0429. The van der Waals surface area contributed by atoms with Crippen LogP contribution in [0.5, 0.6) is 0 Å². The van der Waals surface area contributed by atoms with E-state index in [1.54, 1.807) is 43.3 Å². The summed E-state index contributed by atoms with van der Waals surface area (Å²) < 4.78 is 14.2. The number of aryl methyl sites for hydroxylation is 1. The molecule has 1 fully saturated rings. The molecule has 41 heavy (non-hydrogen) atoms. The molecule has 4 aromatic carbocycles. The Bertz CT molecular complexity index is 1790. The van der Waals surface area contributed by atoms with Crippen LogP contribution in [0.15, 0.2) is 79.4 Å². The van der Waals surface area contributed by atoms with Crippen molar-refractivity contribution in [3.63, 3.8) is 0 Å². The lowest BCUT2D eigenvalue weighted by Crippen LogP contribution is -2.30. The molecule has 8 heteroatoms. The van der Waals surface area contributed by atoms with Crippen LogP contribution in [-0.4, -0.2) is 21.0 Å². The van der Waals surface area contributed by atoms with Gasteiger partial charge in [0.25, 0.3) is 5.91 Å². The molecular formula is C33H26Cl2FN3O2. The molecule has 1 atom stereocenters. The van der Waals surface area contributed by atoms with E-state index >= 15 is 0 Å². The Hall–Kier alpha value is -4.13. The highest BCUT2D eigenvalue weighted by molar-refractivity contribution is 6.34. The highest BCUT2D eigenvalue weighted by atomic mass is 35.5. The van der Waals surface area contributed by atoms with Crippen molar-refractivity contribution in [2.75, 3.05) is 0 Å². The topological polar surface area (TPSA) is 78.0 Å². The number of imidazole rings is 1. The molecule has 1 aliphatic carbocycles. The Morgan fingerprint density at radius 1 is 1.07 bits per heavy atom. The summed E-state index contributed by atoms with van der Waals surface area (Å²) in [4.78, 5) is 21.3. The molecule has 1 aliphatic rings. The molecule has 0 bridgehead atoms. The maximum atomic E-state index is 14.2. The molecular weight excluding hydrogens is 560 g/mol. The van der Waals surface area contributed by atoms with E-state index in [0.29, 0.717) is 66.2 Å². The number of aliphatic hydroxyl groups excluding tert-OH is 1. The van der Waals surface area contributed by atoms with Crippen LogP contribution in [0.2, 0.25) is 10.0 Å². The molecule has 3 N–H and O–H groups in total. The zero-order valence-corrected chi connectivity index (χ0v) is 23.7. The number of nitrogens with zero attached hydrogens (tertiary/aromatic N) is 1. The van der Waals surface area contributed by atoms with E-state index in [1.807, 2.05) is 30.3 Å². The van der Waals surface area contributed by atoms with Gasteiger partial charge >= 0.3 is 0 Å². The second-order valence-corrected chi connectivity index (χ2v) is 11.3. The van der Waals surface area contributed by atoms with Crippen molar-refractivity contribution in [2.45, 2.75) is 25.8 Å². The quantitative estimate of drug-likeness (QED) is 0.167. The molecule has 206 valence electrons. The zero-order chi connectivity index (χ0) is 28.8. The molecule has 0 aliphatic heterocycles. The number of amides is 1. The molecule has 1 saturated carbocycles. The lowest BCUT2D eigenvalue weighted by molar-refractivity contribution is 0.0931. The summed E-state index contributed by atoms with van der Waals surface area (Å²) >= 11 is 12.8. The highest BCUT2D eigenvalue weighted by Gasteiger charge is 2.33. The summed E-state index contributed by atoms with van der Waals surface area (Å²) in [5, 5.41) is 14.9. The Kier molecular flexibility index (Phi) is 7.06. The van der Waals surface area contributed by atoms with Crippen molar-refractivity contribution in [1.82, 2.24) is 15.3 Å². The van der Waals surface area contributed by atoms with Gasteiger partial charge in [0.1, 0.15) is 17.4 Å². The Morgan fingerprint density at radius 2 is 1.83 bits per heavy atom. The van der Waals surface area contributed by atoms with E-state index in [4.69, 9.17) is 23.2 Å². The van der Waals surface area contributed by atoms with Crippen LogP contribution >= 0.6 is 23.2 Å². The summed E-state index contributed by atoms with van der Waals surface area (Å²) in [6.07, 6.45) is 2.07. The molecule has 5 aromatic rings. The highest BCUT2D eigenvalue weighted by Crippen LogP contribution is 2.42. The Morgan fingerprint density at radius 3 is 2.54 bits per heavy atom. The third kappa shape index (κ3) is 5.33. The molecule has 5 nitrogen and oxygen atoms in total. The summed E-state index contributed by atoms with van der Waals surface area (Å²) in [6, 6.07) is 20.9. The van der Waals surface area contributed by atoms with Crippen molar-refractivity contribution in [1.29, 1.82) is 0 Å². The number of benzene rings is 4. The molecule has 6 rings (SSSR count). The predicted octanol–water partition coefficient (Wildman–Crippen LogP) is 9.06. The average Bonchev–Trinajstić information content (AvgIpc) is 3.72. The number of carbonyl (C=O) groups is 1. The van der Waals surface area contributed by atoms with E-state index in [2.05, 4.69) is 21.9 Å². The first kappa shape index (κ1) is 27.1. The second-order valence-electron chi connectivity index (χ2n) is 10.4. The Labute approximate surface area is 246 Å². The van der Waals surface area contributed by atoms with Crippen LogP contribution < -0.4 is 5.32 Å². The monoisotopic (exact) mass is 585 g/mol. The lowest BCUT2D eigenvalue weighted by Gasteiger charge is -2.20. The molecule has 1 aromatic heterocycles. The minimum absolute atomic E-state index is 0.142. The molecule has 1 amide bonds. The van der Waals surface area contributed by atoms with Gasteiger partial charge in [-0.05, 0) is 78.8 Å². The van der Waals surface area contributed by atoms with E-state index in [1.165, 1.54) is 6.07 Å². The molecule has 0 spiro atoms. The fraction of sp³-hybridized carbons (Fsp3) is 0.152. The first-order valence-corrected chi connectivity index (χ1v) is 14.0. The smallest absolute Gasteiger partial charge is 0.251 e. The van der Waals surface area contributed by atoms with E-state index in [-0.39, 0.29) is 23.5 Å². The number of hydrogen-bond donors (Lipinski definition) is 3. The van der Waals surface area contributed by atoms with E-state index in [9.17, 15) is 14.3 Å². The summed E-state index contributed by atoms with van der Waals surface area (Å²) in [5.41, 5.74) is 5.24. The number of aromatic amines is 1. The van der Waals surface area contributed by atoms with Gasteiger partial charge in [0.15, 0.2) is 0 Å². The largest absolute Gasteiger partial charge is 0.508 e. The molecule has 1 unspecified atom stereocenters. The van der Waals surface area contributed by atoms with Crippen molar-refractivity contribution in [3.8, 4) is 22.5 Å². The second kappa shape index (κ2) is 10.7. The number of fused-ring (bicyclic) bond motifs is 1. The summed E-state index contributed by atoms with van der Waals surface area (Å²) in [6.45, 7) is 5.45. The normalized spacial score (nSPS) is 13.8. The minimum Gasteiger partial charge on any atom is -0.508 e. The van der Waals surface area contributed by atoms with Gasteiger partial charge < -0.3 is 15.4 Å². The fourth-order valence-corrected chi connectivity index (χ4v) is 5.60. The summed E-state index contributed by atoms with van der Waals surface area (Å²) in [7, 11) is 0. The van der Waals surface area contributed by atoms with Gasteiger partial charge in [0.2, 0.25) is 0 Å². The fourth-order valence-electron chi connectivity index (χ4n) is 5.20. The van der Waals surface area contributed by atoms with Crippen molar-refractivity contribution in [2.24, 2.45) is 5.92 Å². The third-order valence-electron chi connectivity index (χ3n) is 7.50. The van der Waals surface area contributed by atoms with Gasteiger partial charge in [-0.1, -0.05) is 60.1 Å². The van der Waals surface area contributed by atoms with Crippen LogP contribution in [0.4, 0.5) is 4.39 Å². The number of halogens is 3. The number of carbonyl (C=O) groups excluding carboxylic acids is 1. The zero-order valence-electron chi connectivity index (χ0n) is 22.1. The van der Waals surface area contributed by atoms with Gasteiger partial charge in [-0.3, -0.25) is 4.79 Å². The van der Waals surface area contributed by atoms with E-state index in [0.717, 1.165) is 18.4 Å². The number of aliphatic hydroxyl groups is 1. The van der Waals surface area contributed by atoms with Crippen molar-refractivity contribution in [3.05, 3.63) is 117 Å². The van der Waals surface area contributed by atoms with Gasteiger partial charge in [0, 0.05) is 38.4 Å². The number of hydrogen-bond acceptors (Lipinski definition) is 3. The predicted molar refractivity (Wildman–Crippen MR) is 163 cm³/mol. The maximum Gasteiger partial charge on any atom is 0.251 e. The number of H-pyrrole nitrogens is 1. The third-order valence-corrected chi connectivity index (χ3v) is 8.07. The number of aromatic nitrogens is 2. The van der Waals surface area contributed by atoms with Crippen LogP contribution in [0.1, 0.15) is 45.9 Å². The average molecular weight is 586 g/mol. The van der Waals surface area contributed by atoms with Crippen LogP contribution in [0.25, 0.3) is 39.3 Å². The number of rotatable bonds is 7. The van der Waals surface area contributed by atoms with E-state index < -0.39 is 0 Å². The van der Waals surface area contributed by atoms with Crippen LogP contribution in [0.3, 0.4) is 0 Å². The molecule has 0 saturated heterocycles. The first-order chi connectivity index (χ1) is 19.7. The lowest BCUT2D eigenvalue weighted by atomic mass is 9.92. The van der Waals surface area contributed by atoms with Gasteiger partial charge in [-0.15, -0.1) is 0 Å². The van der Waals surface area contributed by atoms with Crippen molar-refractivity contribution < 1.29 is 14.3 Å². The first-order valence-electron chi connectivity index (χ1n) is 13.2. The number of nitrogens with one attached hydrogen (secondary N) is 2. The molecule has 0 radical (unpaired) electrons. The van der Waals surface area contributed by atoms with Crippen molar-refractivity contribution >= 4 is 45.9 Å². The van der Waals surface area contributed by atoms with Crippen LogP contribution in [-0.2, 0) is 0 Å². The molecule has 1 heterocycles. The minimum atomic E-state index is -0.338. The SMILES string of the molecule is C=C(O)c1cc(C(=O)NC(c2ccc(Cl)cc2)C2CC2)ccc1-c1c(Cl)cccc1-c1nc2cc(F)c(C)cc2[nH]1. The maximum absolute atomic E-state index is 14.2.